The van der Waals surface area contributed by atoms with E-state index in [1.54, 1.807) is 24.3 Å². The van der Waals surface area contributed by atoms with E-state index in [9.17, 15) is 18.0 Å². The highest BCUT2D eigenvalue weighted by atomic mass is 19.4. The standard InChI is InChI=1S/C16H10F3NO/c17-16(18,19)14-9-5-12(6-10-14)2-1-11-3-7-13(8-4-11)15(20)21/h3-10H,(H2,20,21). The van der Waals surface area contributed by atoms with Gasteiger partial charge in [-0.1, -0.05) is 11.8 Å². The van der Waals surface area contributed by atoms with E-state index in [-0.39, 0.29) is 0 Å². The highest BCUT2D eigenvalue weighted by Crippen LogP contribution is 2.28. The molecule has 2 nitrogen and oxygen atoms in total. The molecule has 21 heavy (non-hydrogen) atoms. The molecule has 0 spiro atoms. The third kappa shape index (κ3) is 3.86. The van der Waals surface area contributed by atoms with Gasteiger partial charge in [-0.05, 0) is 48.5 Å². The number of nitrogens with two attached hydrogens (primary N) is 1. The maximum Gasteiger partial charge on any atom is 0.416 e. The van der Waals surface area contributed by atoms with E-state index in [2.05, 4.69) is 11.8 Å². The summed E-state index contributed by atoms with van der Waals surface area (Å²) in [5.74, 6) is 5.03. The summed E-state index contributed by atoms with van der Waals surface area (Å²) in [6, 6.07) is 10.9. The number of benzene rings is 2. The molecule has 0 unspecified atom stereocenters. The number of carbonyl (C=O) groups excluding carboxylic acids is 1. The van der Waals surface area contributed by atoms with Gasteiger partial charge in [0.05, 0.1) is 5.56 Å². The fraction of sp³-hybridized carbons (Fsp3) is 0.0625. The van der Waals surface area contributed by atoms with E-state index < -0.39 is 17.6 Å². The van der Waals surface area contributed by atoms with Gasteiger partial charge in [0, 0.05) is 16.7 Å². The maximum atomic E-state index is 12.4. The fourth-order valence-corrected chi connectivity index (χ4v) is 1.60. The zero-order valence-electron chi connectivity index (χ0n) is 10.7. The molecule has 2 aromatic carbocycles. The maximum absolute atomic E-state index is 12.4. The predicted molar refractivity (Wildman–Crippen MR) is 72.4 cm³/mol. The fourth-order valence-electron chi connectivity index (χ4n) is 1.60. The van der Waals surface area contributed by atoms with Gasteiger partial charge in [0.1, 0.15) is 0 Å². The molecule has 0 atom stereocenters. The molecule has 0 bridgehead atoms. The van der Waals surface area contributed by atoms with Gasteiger partial charge in [0.25, 0.3) is 0 Å². The predicted octanol–water partition coefficient (Wildman–Crippen LogP) is 3.20. The van der Waals surface area contributed by atoms with Crippen molar-refractivity contribution in [3.05, 3.63) is 70.8 Å². The SMILES string of the molecule is NC(=O)c1ccc(C#Cc2ccc(C(F)(F)F)cc2)cc1. The molecule has 0 aromatic heterocycles. The number of primary amides is 1. The molecule has 0 saturated heterocycles. The molecule has 0 fully saturated rings. The van der Waals surface area contributed by atoms with Gasteiger partial charge in [-0.3, -0.25) is 4.79 Å². The van der Waals surface area contributed by atoms with Crippen molar-refractivity contribution in [3.8, 4) is 11.8 Å². The van der Waals surface area contributed by atoms with Gasteiger partial charge in [-0.2, -0.15) is 13.2 Å². The lowest BCUT2D eigenvalue weighted by Crippen LogP contribution is -2.10. The van der Waals surface area contributed by atoms with Crippen molar-refractivity contribution in [3.63, 3.8) is 0 Å². The van der Waals surface area contributed by atoms with Crippen LogP contribution in [0, 0.1) is 11.8 Å². The van der Waals surface area contributed by atoms with Gasteiger partial charge in [0.2, 0.25) is 5.91 Å². The molecule has 0 aliphatic carbocycles. The monoisotopic (exact) mass is 289 g/mol. The Labute approximate surface area is 119 Å². The lowest BCUT2D eigenvalue weighted by Gasteiger charge is -2.05. The van der Waals surface area contributed by atoms with Gasteiger partial charge in [-0.25, -0.2) is 0 Å². The van der Waals surface area contributed by atoms with Crippen molar-refractivity contribution < 1.29 is 18.0 Å². The van der Waals surface area contributed by atoms with Crippen LogP contribution in [-0.4, -0.2) is 5.91 Å². The van der Waals surface area contributed by atoms with Crippen molar-refractivity contribution in [1.82, 2.24) is 0 Å². The quantitative estimate of drug-likeness (QED) is 0.805. The summed E-state index contributed by atoms with van der Waals surface area (Å²) >= 11 is 0. The van der Waals surface area contributed by atoms with Crippen molar-refractivity contribution in [2.45, 2.75) is 6.18 Å². The summed E-state index contributed by atoms with van der Waals surface area (Å²) in [5.41, 5.74) is 5.89. The lowest BCUT2D eigenvalue weighted by atomic mass is 10.1. The normalized spacial score (nSPS) is 10.6. The highest BCUT2D eigenvalue weighted by Gasteiger charge is 2.29. The van der Waals surface area contributed by atoms with Crippen LogP contribution in [0.4, 0.5) is 13.2 Å². The molecule has 0 aliphatic heterocycles. The summed E-state index contributed by atoms with van der Waals surface area (Å²) < 4.78 is 37.2. The number of alkyl halides is 3. The van der Waals surface area contributed by atoms with Crippen molar-refractivity contribution in [2.75, 3.05) is 0 Å². The van der Waals surface area contributed by atoms with Gasteiger partial charge in [-0.15, -0.1) is 0 Å². The van der Waals surface area contributed by atoms with E-state index in [0.29, 0.717) is 16.7 Å². The first-order valence-corrected chi connectivity index (χ1v) is 5.95. The van der Waals surface area contributed by atoms with Crippen LogP contribution >= 0.6 is 0 Å². The second kappa shape index (κ2) is 5.71. The van der Waals surface area contributed by atoms with Crippen LogP contribution in [0.5, 0.6) is 0 Å². The summed E-state index contributed by atoms with van der Waals surface area (Å²) in [6.07, 6.45) is -4.35. The Hall–Kier alpha value is -2.74. The first-order valence-electron chi connectivity index (χ1n) is 5.95. The van der Waals surface area contributed by atoms with E-state index in [1.807, 2.05) is 0 Å². The minimum absolute atomic E-state index is 0.370. The summed E-state index contributed by atoms with van der Waals surface area (Å²) in [6.45, 7) is 0. The summed E-state index contributed by atoms with van der Waals surface area (Å²) in [4.78, 5) is 10.9. The number of rotatable bonds is 1. The largest absolute Gasteiger partial charge is 0.416 e. The molecule has 2 rings (SSSR count). The molecule has 0 radical (unpaired) electrons. The van der Waals surface area contributed by atoms with E-state index >= 15 is 0 Å². The topological polar surface area (TPSA) is 43.1 Å². The molecule has 0 aliphatic rings. The van der Waals surface area contributed by atoms with Crippen LogP contribution in [0.15, 0.2) is 48.5 Å². The average Bonchev–Trinajstić information content (AvgIpc) is 2.45. The van der Waals surface area contributed by atoms with Crippen LogP contribution in [0.2, 0.25) is 0 Å². The number of carbonyl (C=O) groups is 1. The highest BCUT2D eigenvalue weighted by molar-refractivity contribution is 5.92. The second-order valence-electron chi connectivity index (χ2n) is 4.27. The van der Waals surface area contributed by atoms with Gasteiger partial charge in [0.15, 0.2) is 0 Å². The van der Waals surface area contributed by atoms with Gasteiger partial charge < -0.3 is 5.73 Å². The molecule has 106 valence electrons. The van der Waals surface area contributed by atoms with Crippen LogP contribution in [0.3, 0.4) is 0 Å². The lowest BCUT2D eigenvalue weighted by molar-refractivity contribution is -0.137. The van der Waals surface area contributed by atoms with Crippen LogP contribution in [0.1, 0.15) is 27.0 Å². The Kier molecular flexibility index (Phi) is 3.99. The molecular weight excluding hydrogens is 279 g/mol. The molecule has 1 amide bonds. The Morgan fingerprint density at radius 3 is 1.67 bits per heavy atom. The molecule has 0 heterocycles. The molecule has 0 saturated carbocycles. The van der Waals surface area contributed by atoms with Crippen molar-refractivity contribution in [2.24, 2.45) is 5.73 Å². The molecular formula is C16H10F3NO. The Bertz CT molecular complexity index is 704. The Morgan fingerprint density at radius 1 is 0.857 bits per heavy atom. The number of amides is 1. The average molecular weight is 289 g/mol. The van der Waals surface area contributed by atoms with Crippen LogP contribution in [-0.2, 0) is 6.18 Å². The first kappa shape index (κ1) is 14.7. The smallest absolute Gasteiger partial charge is 0.366 e. The third-order valence-corrected chi connectivity index (χ3v) is 2.73. The van der Waals surface area contributed by atoms with E-state index in [1.165, 1.54) is 12.1 Å². The van der Waals surface area contributed by atoms with Crippen molar-refractivity contribution >= 4 is 5.91 Å². The number of hydrogen-bond acceptors (Lipinski definition) is 1. The zero-order valence-corrected chi connectivity index (χ0v) is 10.7. The minimum Gasteiger partial charge on any atom is -0.366 e. The van der Waals surface area contributed by atoms with E-state index in [4.69, 9.17) is 5.73 Å². The number of hydrogen-bond donors (Lipinski definition) is 1. The Morgan fingerprint density at radius 2 is 1.29 bits per heavy atom. The summed E-state index contributed by atoms with van der Waals surface area (Å²) in [5, 5.41) is 0. The van der Waals surface area contributed by atoms with E-state index in [0.717, 1.165) is 12.1 Å². The third-order valence-electron chi connectivity index (χ3n) is 2.73. The van der Waals surface area contributed by atoms with Gasteiger partial charge >= 0.3 is 6.18 Å². The second-order valence-corrected chi connectivity index (χ2v) is 4.27. The zero-order chi connectivity index (χ0) is 15.5. The Balaban J connectivity index is 2.17. The molecule has 2 aromatic rings. The van der Waals surface area contributed by atoms with Crippen LogP contribution < -0.4 is 5.73 Å². The van der Waals surface area contributed by atoms with Crippen LogP contribution in [0.25, 0.3) is 0 Å². The first-order chi connectivity index (χ1) is 9.86. The van der Waals surface area contributed by atoms with Crippen molar-refractivity contribution in [1.29, 1.82) is 0 Å². The molecule has 5 heteroatoms. The molecule has 2 N–H and O–H groups in total. The number of halogens is 3. The summed E-state index contributed by atoms with van der Waals surface area (Å²) in [7, 11) is 0. The minimum atomic E-state index is -4.35.